The number of benzene rings is 1. The molecule has 0 radical (unpaired) electrons. The van der Waals surface area contributed by atoms with E-state index in [4.69, 9.17) is 26.8 Å². The Bertz CT molecular complexity index is 1020. The van der Waals surface area contributed by atoms with Crippen LogP contribution in [0.5, 0.6) is 5.88 Å². The lowest BCUT2D eigenvalue weighted by Gasteiger charge is -2.23. The third-order valence-electron chi connectivity index (χ3n) is 5.61. The molecule has 13 heteroatoms. The highest BCUT2D eigenvalue weighted by molar-refractivity contribution is 7.11. The monoisotopic (exact) mass is 531 g/mol. The number of rotatable bonds is 12. The van der Waals surface area contributed by atoms with Crippen molar-refractivity contribution in [2.75, 3.05) is 38.7 Å². The van der Waals surface area contributed by atoms with E-state index in [0.717, 1.165) is 62.6 Å². The van der Waals surface area contributed by atoms with Crippen molar-refractivity contribution >= 4 is 40.1 Å². The molecular formula is C22H28ClF2N5O4S. The molecule has 0 aliphatic carbocycles. The normalized spacial score (nSPS) is 15.8. The molecule has 0 spiro atoms. The molecule has 35 heavy (non-hydrogen) atoms. The number of likely N-dealkylation sites (tertiary alicyclic amines) is 1. The number of amides is 3. The summed E-state index contributed by atoms with van der Waals surface area (Å²) in [5.74, 6) is -2.94. The molecule has 192 valence electrons. The molecule has 3 amide bonds. The van der Waals surface area contributed by atoms with Crippen molar-refractivity contribution in [3.8, 4) is 5.88 Å². The second-order valence-electron chi connectivity index (χ2n) is 8.07. The first-order valence-corrected chi connectivity index (χ1v) is 12.3. The number of halogens is 3. The number of aromatic nitrogens is 1. The largest absolute Gasteiger partial charge is 0.471 e. The SMILES string of the molecule is COCC1CCCN1CCCCNC(=O)Nc1snc(OCc2c(F)cc(Cl)cc2F)c1C(N)=O. The van der Waals surface area contributed by atoms with Crippen LogP contribution in [0.4, 0.5) is 18.6 Å². The van der Waals surface area contributed by atoms with Crippen LogP contribution >= 0.6 is 23.1 Å². The molecule has 0 saturated carbocycles. The highest BCUT2D eigenvalue weighted by Crippen LogP contribution is 2.31. The predicted octanol–water partition coefficient (Wildman–Crippen LogP) is 3.77. The number of hydrogen-bond acceptors (Lipinski definition) is 7. The Labute approximate surface area is 211 Å². The van der Waals surface area contributed by atoms with Gasteiger partial charge in [-0.05, 0) is 62.4 Å². The summed E-state index contributed by atoms with van der Waals surface area (Å²) in [5.41, 5.74) is 4.85. The number of anilines is 1. The number of ether oxygens (including phenoxy) is 2. The Hall–Kier alpha value is -2.54. The number of methoxy groups -OCH3 is 1. The average Bonchev–Trinajstić information content (AvgIpc) is 3.39. The summed E-state index contributed by atoms with van der Waals surface area (Å²) < 4.78 is 42.5. The van der Waals surface area contributed by atoms with Gasteiger partial charge in [0.15, 0.2) is 0 Å². The number of hydrogen-bond donors (Lipinski definition) is 3. The molecule has 4 N–H and O–H groups in total. The molecule has 1 atom stereocenters. The molecule has 0 bridgehead atoms. The van der Waals surface area contributed by atoms with Gasteiger partial charge in [-0.1, -0.05) is 11.6 Å². The van der Waals surface area contributed by atoms with E-state index in [2.05, 4.69) is 19.9 Å². The van der Waals surface area contributed by atoms with Gasteiger partial charge in [-0.25, -0.2) is 13.6 Å². The second-order valence-corrected chi connectivity index (χ2v) is 9.28. The molecule has 2 aromatic rings. The van der Waals surface area contributed by atoms with Crippen molar-refractivity contribution in [3.05, 3.63) is 39.9 Å². The van der Waals surface area contributed by atoms with E-state index in [-0.39, 0.29) is 27.0 Å². The number of nitrogens with two attached hydrogens (primary N) is 1. The number of carbonyl (C=O) groups excluding carboxylic acids is 2. The maximum atomic E-state index is 14.0. The smallest absolute Gasteiger partial charge is 0.319 e. The van der Waals surface area contributed by atoms with E-state index in [1.807, 2.05) is 0 Å². The van der Waals surface area contributed by atoms with Crippen LogP contribution in [-0.2, 0) is 11.3 Å². The standard InChI is InChI=1S/C22H28ClF2N5O4S/c1-33-11-14-5-4-8-30(14)7-3-2-6-27-22(32)28-21-18(19(26)31)20(29-35-21)34-12-15-16(24)9-13(23)10-17(15)25/h9-10,14H,2-8,11-12H2,1H3,(H2,26,31)(H2,27,28,32). The zero-order chi connectivity index (χ0) is 25.4. The molecule has 1 aliphatic rings. The molecule has 1 fully saturated rings. The van der Waals surface area contributed by atoms with E-state index in [0.29, 0.717) is 12.6 Å². The lowest BCUT2D eigenvalue weighted by Crippen LogP contribution is -2.34. The summed E-state index contributed by atoms with van der Waals surface area (Å²) in [4.78, 5) is 26.6. The lowest BCUT2D eigenvalue weighted by atomic mass is 10.2. The molecular weight excluding hydrogens is 504 g/mol. The van der Waals surface area contributed by atoms with Gasteiger partial charge in [-0.2, -0.15) is 4.37 Å². The molecule has 1 aromatic carbocycles. The van der Waals surface area contributed by atoms with Crippen LogP contribution in [0.3, 0.4) is 0 Å². The van der Waals surface area contributed by atoms with Crippen molar-refractivity contribution < 1.29 is 27.8 Å². The van der Waals surface area contributed by atoms with Gasteiger partial charge < -0.3 is 20.5 Å². The first kappa shape index (κ1) is 27.1. The minimum absolute atomic E-state index is 0.0709. The summed E-state index contributed by atoms with van der Waals surface area (Å²) in [5, 5.41) is 5.23. The first-order valence-electron chi connectivity index (χ1n) is 11.1. The fraction of sp³-hybridized carbons (Fsp3) is 0.500. The molecule has 3 rings (SSSR count). The van der Waals surface area contributed by atoms with Gasteiger partial charge in [0.25, 0.3) is 5.91 Å². The highest BCUT2D eigenvalue weighted by atomic mass is 35.5. The van der Waals surface area contributed by atoms with Gasteiger partial charge in [-0.15, -0.1) is 0 Å². The molecule has 1 aromatic heterocycles. The van der Waals surface area contributed by atoms with Crippen LogP contribution in [-0.4, -0.2) is 60.6 Å². The van der Waals surface area contributed by atoms with Gasteiger partial charge >= 0.3 is 6.03 Å². The molecule has 1 aliphatic heterocycles. The number of nitrogens with one attached hydrogen (secondary N) is 2. The predicted molar refractivity (Wildman–Crippen MR) is 129 cm³/mol. The topological polar surface area (TPSA) is 119 Å². The first-order chi connectivity index (χ1) is 16.8. The number of carbonyl (C=O) groups is 2. The van der Waals surface area contributed by atoms with E-state index in [1.165, 1.54) is 6.42 Å². The van der Waals surface area contributed by atoms with Crippen molar-refractivity contribution in [1.29, 1.82) is 0 Å². The van der Waals surface area contributed by atoms with Crippen LogP contribution in [0.1, 0.15) is 41.6 Å². The maximum absolute atomic E-state index is 14.0. The zero-order valence-electron chi connectivity index (χ0n) is 19.2. The Morgan fingerprint density at radius 3 is 2.74 bits per heavy atom. The number of nitrogens with zero attached hydrogens (tertiary/aromatic N) is 2. The van der Waals surface area contributed by atoms with E-state index in [9.17, 15) is 18.4 Å². The fourth-order valence-electron chi connectivity index (χ4n) is 3.89. The van der Waals surface area contributed by atoms with Crippen LogP contribution in [0.15, 0.2) is 12.1 Å². The van der Waals surface area contributed by atoms with Gasteiger partial charge in [0, 0.05) is 24.7 Å². The Balaban J connectivity index is 1.48. The average molecular weight is 532 g/mol. The van der Waals surface area contributed by atoms with Gasteiger partial charge in [0.1, 0.15) is 28.8 Å². The Morgan fingerprint density at radius 2 is 2.06 bits per heavy atom. The molecule has 9 nitrogen and oxygen atoms in total. The minimum Gasteiger partial charge on any atom is -0.471 e. The summed E-state index contributed by atoms with van der Waals surface area (Å²) in [6, 6.07) is 1.81. The molecule has 1 unspecified atom stereocenters. The van der Waals surface area contributed by atoms with Crippen molar-refractivity contribution in [1.82, 2.24) is 14.6 Å². The van der Waals surface area contributed by atoms with Crippen LogP contribution in [0.25, 0.3) is 0 Å². The lowest BCUT2D eigenvalue weighted by molar-refractivity contribution is 0.0996. The minimum atomic E-state index is -0.905. The number of urea groups is 1. The maximum Gasteiger partial charge on any atom is 0.319 e. The summed E-state index contributed by atoms with van der Waals surface area (Å²) in [6.45, 7) is 2.62. The van der Waals surface area contributed by atoms with Crippen LogP contribution in [0, 0.1) is 11.6 Å². The van der Waals surface area contributed by atoms with E-state index < -0.39 is 30.2 Å². The second kappa shape index (κ2) is 13.0. The third kappa shape index (κ3) is 7.47. The molecule has 2 heterocycles. The summed E-state index contributed by atoms with van der Waals surface area (Å²) >= 11 is 6.38. The third-order valence-corrected chi connectivity index (χ3v) is 6.57. The van der Waals surface area contributed by atoms with Crippen molar-refractivity contribution in [2.24, 2.45) is 5.73 Å². The van der Waals surface area contributed by atoms with Gasteiger partial charge in [0.05, 0.1) is 12.2 Å². The van der Waals surface area contributed by atoms with E-state index >= 15 is 0 Å². The molecule has 1 saturated heterocycles. The Morgan fingerprint density at radius 1 is 1.31 bits per heavy atom. The van der Waals surface area contributed by atoms with Gasteiger partial charge in [0.2, 0.25) is 5.88 Å². The summed E-state index contributed by atoms with van der Waals surface area (Å²) in [7, 11) is 1.71. The van der Waals surface area contributed by atoms with Crippen LogP contribution in [0.2, 0.25) is 5.02 Å². The number of unbranched alkanes of at least 4 members (excludes halogenated alkanes) is 1. The summed E-state index contributed by atoms with van der Waals surface area (Å²) in [6.07, 6.45) is 4.01. The fourth-order valence-corrected chi connectivity index (χ4v) is 4.81. The highest BCUT2D eigenvalue weighted by Gasteiger charge is 2.24. The van der Waals surface area contributed by atoms with Crippen LogP contribution < -0.4 is 21.1 Å². The quantitative estimate of drug-likeness (QED) is 0.359. The Kier molecular flexibility index (Phi) is 10.0. The van der Waals surface area contributed by atoms with Gasteiger partial charge in [-0.3, -0.25) is 15.0 Å². The zero-order valence-corrected chi connectivity index (χ0v) is 20.8. The van der Waals surface area contributed by atoms with E-state index in [1.54, 1.807) is 7.11 Å². The van der Waals surface area contributed by atoms with Crippen molar-refractivity contribution in [3.63, 3.8) is 0 Å². The number of primary amides is 1. The van der Waals surface area contributed by atoms with Crippen molar-refractivity contribution in [2.45, 2.75) is 38.3 Å².